The van der Waals surface area contributed by atoms with Crippen molar-refractivity contribution in [2.24, 2.45) is 5.73 Å². The van der Waals surface area contributed by atoms with Crippen molar-refractivity contribution in [2.45, 2.75) is 45.3 Å². The van der Waals surface area contributed by atoms with E-state index >= 15 is 0 Å². The van der Waals surface area contributed by atoms with Gasteiger partial charge in [0.15, 0.2) is 0 Å². The van der Waals surface area contributed by atoms with Gasteiger partial charge in [-0.05, 0) is 20.3 Å². The number of rotatable bonds is 3. The highest BCUT2D eigenvalue weighted by Crippen LogP contribution is 2.04. The molecule has 0 saturated carbocycles. The van der Waals surface area contributed by atoms with Crippen molar-refractivity contribution in [3.63, 3.8) is 0 Å². The van der Waals surface area contributed by atoms with Crippen molar-refractivity contribution in [3.05, 3.63) is 0 Å². The summed E-state index contributed by atoms with van der Waals surface area (Å²) in [6.07, 6.45) is 1.08. The van der Waals surface area contributed by atoms with Crippen molar-refractivity contribution in [2.75, 3.05) is 19.6 Å². The summed E-state index contributed by atoms with van der Waals surface area (Å²) in [5.41, 5.74) is 5.93. The van der Waals surface area contributed by atoms with Gasteiger partial charge in [-0.1, -0.05) is 6.92 Å². The zero-order valence-electron chi connectivity index (χ0n) is 9.09. The van der Waals surface area contributed by atoms with E-state index in [-0.39, 0.29) is 0 Å². The normalized spacial score (nSPS) is 33.2. The fraction of sp³-hybridized carbons (Fsp3) is 1.00. The van der Waals surface area contributed by atoms with E-state index in [9.17, 15) is 0 Å². The standard InChI is InChI=1S/C10H23N3/c1-4-10(11)7-13-5-8(2)12-9(3)6-13/h8-10,12H,4-7,11H2,1-3H3/t8-,9+,10-/m0/s1. The molecule has 0 aromatic carbocycles. The van der Waals surface area contributed by atoms with E-state index in [1.54, 1.807) is 0 Å². The van der Waals surface area contributed by atoms with Crippen LogP contribution in [0.4, 0.5) is 0 Å². The molecule has 1 saturated heterocycles. The number of hydrogen-bond acceptors (Lipinski definition) is 3. The molecule has 0 unspecified atom stereocenters. The Kier molecular flexibility index (Phi) is 4.16. The van der Waals surface area contributed by atoms with Crippen LogP contribution in [0.15, 0.2) is 0 Å². The van der Waals surface area contributed by atoms with Crippen LogP contribution in [0, 0.1) is 0 Å². The lowest BCUT2D eigenvalue weighted by Crippen LogP contribution is -2.56. The third kappa shape index (κ3) is 3.63. The van der Waals surface area contributed by atoms with E-state index < -0.39 is 0 Å². The highest BCUT2D eigenvalue weighted by Gasteiger charge is 2.21. The second kappa shape index (κ2) is 4.94. The Morgan fingerprint density at radius 1 is 1.38 bits per heavy atom. The quantitative estimate of drug-likeness (QED) is 0.669. The predicted octanol–water partition coefficient (Wildman–Crippen LogP) is 0.406. The summed E-state index contributed by atoms with van der Waals surface area (Å²) in [6.45, 7) is 9.95. The molecule has 0 aromatic heterocycles. The first kappa shape index (κ1) is 11.0. The average Bonchev–Trinajstić information content (AvgIpc) is 2.02. The molecular formula is C10H23N3. The van der Waals surface area contributed by atoms with Crippen LogP contribution < -0.4 is 11.1 Å². The average molecular weight is 185 g/mol. The number of nitrogens with zero attached hydrogens (tertiary/aromatic N) is 1. The van der Waals surface area contributed by atoms with Gasteiger partial charge in [-0.15, -0.1) is 0 Å². The first-order valence-corrected chi connectivity index (χ1v) is 5.35. The molecule has 0 aliphatic carbocycles. The lowest BCUT2D eigenvalue weighted by atomic mass is 10.1. The Morgan fingerprint density at radius 2 is 1.92 bits per heavy atom. The summed E-state index contributed by atoms with van der Waals surface area (Å²) in [4.78, 5) is 2.47. The molecule has 3 N–H and O–H groups in total. The van der Waals surface area contributed by atoms with Crippen molar-refractivity contribution in [3.8, 4) is 0 Å². The minimum absolute atomic E-state index is 0.345. The van der Waals surface area contributed by atoms with E-state index in [4.69, 9.17) is 5.73 Å². The number of nitrogens with one attached hydrogen (secondary N) is 1. The topological polar surface area (TPSA) is 41.3 Å². The lowest BCUT2D eigenvalue weighted by Gasteiger charge is -2.37. The molecule has 78 valence electrons. The fourth-order valence-electron chi connectivity index (χ4n) is 2.05. The molecule has 0 spiro atoms. The fourth-order valence-corrected chi connectivity index (χ4v) is 2.05. The largest absolute Gasteiger partial charge is 0.327 e. The number of piperazine rings is 1. The third-order valence-corrected chi connectivity index (χ3v) is 2.65. The summed E-state index contributed by atoms with van der Waals surface area (Å²) >= 11 is 0. The monoisotopic (exact) mass is 185 g/mol. The van der Waals surface area contributed by atoms with E-state index in [0.29, 0.717) is 18.1 Å². The van der Waals surface area contributed by atoms with Crippen LogP contribution in [0.1, 0.15) is 27.2 Å². The van der Waals surface area contributed by atoms with Gasteiger partial charge in [-0.2, -0.15) is 0 Å². The van der Waals surface area contributed by atoms with E-state index in [0.717, 1.165) is 26.1 Å². The van der Waals surface area contributed by atoms with Crippen LogP contribution in [0.3, 0.4) is 0 Å². The van der Waals surface area contributed by atoms with Crippen LogP contribution >= 0.6 is 0 Å². The van der Waals surface area contributed by atoms with Gasteiger partial charge in [-0.25, -0.2) is 0 Å². The minimum atomic E-state index is 0.345. The van der Waals surface area contributed by atoms with Crippen LogP contribution in [0.25, 0.3) is 0 Å². The van der Waals surface area contributed by atoms with Gasteiger partial charge in [-0.3, -0.25) is 4.90 Å². The van der Waals surface area contributed by atoms with Gasteiger partial charge >= 0.3 is 0 Å². The SMILES string of the molecule is CC[C@H](N)CN1C[C@@H](C)N[C@@H](C)C1. The summed E-state index contributed by atoms with van der Waals surface area (Å²) in [7, 11) is 0. The third-order valence-electron chi connectivity index (χ3n) is 2.65. The van der Waals surface area contributed by atoms with Gasteiger partial charge in [0, 0.05) is 37.8 Å². The smallest absolute Gasteiger partial charge is 0.0169 e. The van der Waals surface area contributed by atoms with Crippen LogP contribution in [0.5, 0.6) is 0 Å². The molecule has 1 aliphatic rings. The summed E-state index contributed by atoms with van der Waals surface area (Å²) in [5.74, 6) is 0. The second-order valence-corrected chi connectivity index (χ2v) is 4.36. The molecule has 0 bridgehead atoms. The van der Waals surface area contributed by atoms with Crippen molar-refractivity contribution in [1.82, 2.24) is 10.2 Å². The van der Waals surface area contributed by atoms with E-state index in [1.807, 2.05) is 0 Å². The van der Waals surface area contributed by atoms with Crippen molar-refractivity contribution in [1.29, 1.82) is 0 Å². The Labute approximate surface area is 81.7 Å². The maximum atomic E-state index is 5.93. The first-order valence-electron chi connectivity index (χ1n) is 5.35. The maximum Gasteiger partial charge on any atom is 0.0169 e. The number of hydrogen-bond donors (Lipinski definition) is 2. The van der Waals surface area contributed by atoms with Crippen molar-refractivity contribution >= 4 is 0 Å². The summed E-state index contributed by atoms with van der Waals surface area (Å²) < 4.78 is 0. The molecule has 0 aromatic rings. The molecule has 13 heavy (non-hydrogen) atoms. The van der Waals surface area contributed by atoms with Gasteiger partial charge in [0.2, 0.25) is 0 Å². The van der Waals surface area contributed by atoms with Crippen LogP contribution in [-0.4, -0.2) is 42.7 Å². The zero-order valence-corrected chi connectivity index (χ0v) is 9.09. The highest BCUT2D eigenvalue weighted by atomic mass is 15.2. The Balaban J connectivity index is 2.32. The zero-order chi connectivity index (χ0) is 9.84. The Bertz CT molecular complexity index is 139. The molecular weight excluding hydrogens is 162 g/mol. The molecule has 3 nitrogen and oxygen atoms in total. The van der Waals surface area contributed by atoms with Gasteiger partial charge in [0.25, 0.3) is 0 Å². The minimum Gasteiger partial charge on any atom is -0.327 e. The highest BCUT2D eigenvalue weighted by molar-refractivity contribution is 4.82. The van der Waals surface area contributed by atoms with Crippen LogP contribution in [0.2, 0.25) is 0 Å². The molecule has 3 atom stereocenters. The van der Waals surface area contributed by atoms with Crippen molar-refractivity contribution < 1.29 is 0 Å². The molecule has 1 fully saturated rings. The number of nitrogens with two attached hydrogens (primary N) is 1. The molecule has 1 rings (SSSR count). The summed E-state index contributed by atoms with van der Waals surface area (Å²) in [5, 5.41) is 3.52. The Morgan fingerprint density at radius 3 is 2.38 bits per heavy atom. The van der Waals surface area contributed by atoms with Gasteiger partial charge in [0.1, 0.15) is 0 Å². The second-order valence-electron chi connectivity index (χ2n) is 4.36. The molecule has 0 radical (unpaired) electrons. The molecule has 1 aliphatic heterocycles. The summed E-state index contributed by atoms with van der Waals surface area (Å²) in [6, 6.07) is 1.55. The van der Waals surface area contributed by atoms with Gasteiger partial charge in [0.05, 0.1) is 0 Å². The van der Waals surface area contributed by atoms with Gasteiger partial charge < -0.3 is 11.1 Å². The Hall–Kier alpha value is -0.120. The maximum absolute atomic E-state index is 5.93. The van der Waals surface area contributed by atoms with E-state index in [1.165, 1.54) is 0 Å². The molecule has 1 heterocycles. The predicted molar refractivity (Wildman–Crippen MR) is 56.8 cm³/mol. The van der Waals surface area contributed by atoms with Crippen LogP contribution in [-0.2, 0) is 0 Å². The molecule has 0 amide bonds. The van der Waals surface area contributed by atoms with E-state index in [2.05, 4.69) is 31.0 Å². The lowest BCUT2D eigenvalue weighted by molar-refractivity contribution is 0.164. The molecule has 3 heteroatoms. The first-order chi connectivity index (χ1) is 6.11.